The minimum atomic E-state index is -0.560. The molecule has 1 unspecified atom stereocenters. The number of carbonyl (C=O) groups excluding carboxylic acids is 1. The lowest BCUT2D eigenvalue weighted by Gasteiger charge is -2.12. The predicted molar refractivity (Wildman–Crippen MR) is 97.1 cm³/mol. The smallest absolute Gasteiger partial charge is 0.250 e. The molecule has 0 spiro atoms. The summed E-state index contributed by atoms with van der Waals surface area (Å²) in [5, 5.41) is 15.2. The van der Waals surface area contributed by atoms with Crippen molar-refractivity contribution in [1.29, 1.82) is 0 Å². The van der Waals surface area contributed by atoms with Gasteiger partial charge in [-0.05, 0) is 35.8 Å². The Morgan fingerprint density at radius 3 is 2.32 bits per heavy atom. The van der Waals surface area contributed by atoms with Crippen molar-refractivity contribution >= 4 is 11.6 Å². The molecule has 3 aromatic rings. The van der Waals surface area contributed by atoms with Crippen LogP contribution in [0.4, 0.5) is 5.69 Å². The average molecular weight is 335 g/mol. The maximum Gasteiger partial charge on any atom is 0.250 e. The first-order valence-corrected chi connectivity index (χ1v) is 8.30. The van der Waals surface area contributed by atoms with Crippen LogP contribution in [0.1, 0.15) is 38.3 Å². The van der Waals surface area contributed by atoms with Gasteiger partial charge in [0.25, 0.3) is 5.91 Å². The van der Waals surface area contributed by atoms with Gasteiger partial charge < -0.3 is 5.32 Å². The third-order valence-electron chi connectivity index (χ3n) is 4.03. The van der Waals surface area contributed by atoms with Crippen molar-refractivity contribution in [2.45, 2.75) is 32.7 Å². The number of carbonyl (C=O) groups is 1. The largest absolute Gasteiger partial charge is 0.324 e. The molecule has 0 radical (unpaired) electrons. The number of hydrogen-bond acceptors (Lipinski definition) is 4. The van der Waals surface area contributed by atoms with Gasteiger partial charge in [-0.15, -0.1) is 10.2 Å². The third kappa shape index (κ3) is 3.91. The number of benzene rings is 2. The maximum atomic E-state index is 12.4. The number of tetrazole rings is 1. The second kappa shape index (κ2) is 7.25. The van der Waals surface area contributed by atoms with Crippen molar-refractivity contribution in [2.75, 3.05) is 5.32 Å². The fraction of sp³-hybridized carbons (Fsp3) is 0.263. The topological polar surface area (TPSA) is 72.7 Å². The van der Waals surface area contributed by atoms with E-state index in [-0.39, 0.29) is 5.91 Å². The Kier molecular flexibility index (Phi) is 4.88. The number of amides is 1. The molecule has 128 valence electrons. The van der Waals surface area contributed by atoms with E-state index in [1.807, 2.05) is 54.6 Å². The summed E-state index contributed by atoms with van der Waals surface area (Å²) in [7, 11) is 0. The second-order valence-electron chi connectivity index (χ2n) is 6.24. The number of aromatic nitrogens is 4. The summed E-state index contributed by atoms with van der Waals surface area (Å²) in [5.74, 6) is 0.773. The molecule has 0 aliphatic heterocycles. The molecule has 2 aromatic carbocycles. The number of nitrogens with one attached hydrogen (secondary N) is 1. The minimum absolute atomic E-state index is 0.186. The lowest BCUT2D eigenvalue weighted by atomic mass is 10.0. The van der Waals surface area contributed by atoms with Gasteiger partial charge in [-0.3, -0.25) is 4.79 Å². The molecule has 1 amide bonds. The summed E-state index contributed by atoms with van der Waals surface area (Å²) in [4.78, 5) is 13.8. The molecule has 1 atom stereocenters. The van der Waals surface area contributed by atoms with E-state index in [1.54, 1.807) is 6.92 Å². The van der Waals surface area contributed by atoms with Gasteiger partial charge in [0.1, 0.15) is 6.04 Å². The van der Waals surface area contributed by atoms with E-state index in [0.29, 0.717) is 11.7 Å². The average Bonchev–Trinajstić information content (AvgIpc) is 3.12. The summed E-state index contributed by atoms with van der Waals surface area (Å²) >= 11 is 0. The van der Waals surface area contributed by atoms with Crippen LogP contribution in [-0.4, -0.2) is 26.1 Å². The van der Waals surface area contributed by atoms with Crippen molar-refractivity contribution < 1.29 is 4.79 Å². The van der Waals surface area contributed by atoms with E-state index in [4.69, 9.17) is 0 Å². The van der Waals surface area contributed by atoms with Gasteiger partial charge in [0.05, 0.1) is 0 Å². The molecule has 1 N–H and O–H groups in total. The Hall–Kier alpha value is -3.02. The van der Waals surface area contributed by atoms with Gasteiger partial charge in [-0.2, -0.15) is 4.80 Å². The van der Waals surface area contributed by atoms with Crippen LogP contribution in [0.5, 0.6) is 0 Å². The van der Waals surface area contributed by atoms with Crippen LogP contribution >= 0.6 is 0 Å². The predicted octanol–water partition coefficient (Wildman–Crippen LogP) is 3.66. The Morgan fingerprint density at radius 2 is 1.68 bits per heavy atom. The zero-order chi connectivity index (χ0) is 17.8. The van der Waals surface area contributed by atoms with Crippen LogP contribution in [0, 0.1) is 0 Å². The normalized spacial score (nSPS) is 12.2. The summed E-state index contributed by atoms with van der Waals surface area (Å²) in [6.45, 7) is 6.01. The van der Waals surface area contributed by atoms with E-state index < -0.39 is 6.04 Å². The van der Waals surface area contributed by atoms with E-state index in [0.717, 1.165) is 11.3 Å². The third-order valence-corrected chi connectivity index (χ3v) is 4.03. The van der Waals surface area contributed by atoms with Gasteiger partial charge in [0.15, 0.2) is 0 Å². The molecule has 0 aliphatic rings. The number of nitrogens with zero attached hydrogens (tertiary/aromatic N) is 4. The Morgan fingerprint density at radius 1 is 1.00 bits per heavy atom. The summed E-state index contributed by atoms with van der Waals surface area (Å²) in [5.41, 5.74) is 2.85. The first-order valence-electron chi connectivity index (χ1n) is 8.30. The monoisotopic (exact) mass is 335 g/mol. The van der Waals surface area contributed by atoms with Crippen LogP contribution < -0.4 is 5.32 Å². The standard InChI is InChI=1S/C19H21N5O/c1-13(2)15-9-11-17(12-10-15)20-19(25)14(3)24-22-18(21-23-24)16-7-5-4-6-8-16/h4-14H,1-3H3,(H,20,25). The van der Waals surface area contributed by atoms with Crippen LogP contribution in [0.15, 0.2) is 54.6 Å². The summed E-state index contributed by atoms with van der Waals surface area (Å²) in [6.07, 6.45) is 0. The highest BCUT2D eigenvalue weighted by Gasteiger charge is 2.19. The lowest BCUT2D eigenvalue weighted by molar-refractivity contribution is -0.119. The van der Waals surface area contributed by atoms with Crippen molar-refractivity contribution in [3.8, 4) is 11.4 Å². The number of hydrogen-bond donors (Lipinski definition) is 1. The van der Waals surface area contributed by atoms with Crippen molar-refractivity contribution in [3.05, 3.63) is 60.2 Å². The highest BCUT2D eigenvalue weighted by atomic mass is 16.2. The zero-order valence-electron chi connectivity index (χ0n) is 14.5. The van der Waals surface area contributed by atoms with Crippen molar-refractivity contribution in [2.24, 2.45) is 0 Å². The first kappa shape index (κ1) is 16.8. The molecular formula is C19H21N5O. The van der Waals surface area contributed by atoms with Crippen molar-refractivity contribution in [1.82, 2.24) is 20.2 Å². The SMILES string of the molecule is CC(C)c1ccc(NC(=O)C(C)n2nnc(-c3ccccc3)n2)cc1. The molecule has 6 heteroatoms. The quantitative estimate of drug-likeness (QED) is 0.772. The van der Waals surface area contributed by atoms with E-state index in [9.17, 15) is 4.79 Å². The highest BCUT2D eigenvalue weighted by molar-refractivity contribution is 5.93. The van der Waals surface area contributed by atoms with Crippen LogP contribution in [0.3, 0.4) is 0 Å². The molecule has 0 saturated heterocycles. The zero-order valence-corrected chi connectivity index (χ0v) is 14.5. The van der Waals surface area contributed by atoms with Crippen LogP contribution in [-0.2, 0) is 4.79 Å². The highest BCUT2D eigenvalue weighted by Crippen LogP contribution is 2.18. The molecule has 0 fully saturated rings. The molecule has 0 aliphatic carbocycles. The van der Waals surface area contributed by atoms with Crippen LogP contribution in [0.25, 0.3) is 11.4 Å². The molecule has 3 rings (SSSR count). The van der Waals surface area contributed by atoms with E-state index in [2.05, 4.69) is 34.6 Å². The maximum absolute atomic E-state index is 12.4. The fourth-order valence-corrected chi connectivity index (χ4v) is 2.39. The van der Waals surface area contributed by atoms with Crippen LogP contribution in [0.2, 0.25) is 0 Å². The first-order chi connectivity index (χ1) is 12.0. The number of rotatable bonds is 5. The minimum Gasteiger partial charge on any atom is -0.324 e. The molecule has 1 heterocycles. The molecule has 6 nitrogen and oxygen atoms in total. The molecule has 25 heavy (non-hydrogen) atoms. The van der Waals surface area contributed by atoms with E-state index in [1.165, 1.54) is 10.4 Å². The Bertz CT molecular complexity index is 840. The van der Waals surface area contributed by atoms with Gasteiger partial charge in [0.2, 0.25) is 5.82 Å². The summed E-state index contributed by atoms with van der Waals surface area (Å²) in [6, 6.07) is 16.8. The Balaban J connectivity index is 1.69. The summed E-state index contributed by atoms with van der Waals surface area (Å²) < 4.78 is 0. The van der Waals surface area contributed by atoms with Crippen molar-refractivity contribution in [3.63, 3.8) is 0 Å². The molecule has 1 aromatic heterocycles. The Labute approximate surface area is 146 Å². The molecule has 0 bridgehead atoms. The van der Waals surface area contributed by atoms with E-state index >= 15 is 0 Å². The van der Waals surface area contributed by atoms with Gasteiger partial charge in [0, 0.05) is 11.3 Å². The van der Waals surface area contributed by atoms with Gasteiger partial charge in [-0.1, -0.05) is 56.3 Å². The molecular weight excluding hydrogens is 314 g/mol. The fourth-order valence-electron chi connectivity index (χ4n) is 2.39. The lowest BCUT2D eigenvalue weighted by Crippen LogP contribution is -2.25. The second-order valence-corrected chi connectivity index (χ2v) is 6.24. The van der Waals surface area contributed by atoms with Gasteiger partial charge >= 0.3 is 0 Å². The molecule has 0 saturated carbocycles. The van der Waals surface area contributed by atoms with Gasteiger partial charge in [-0.25, -0.2) is 0 Å². The number of anilines is 1.